The Morgan fingerprint density at radius 2 is 2.05 bits per heavy atom. The van der Waals surface area contributed by atoms with E-state index in [1.807, 2.05) is 12.3 Å². The molecule has 2 saturated heterocycles. The van der Waals surface area contributed by atoms with Crippen LogP contribution in [0.25, 0.3) is 0 Å². The Bertz CT molecular complexity index is 573. The van der Waals surface area contributed by atoms with Crippen LogP contribution in [0.2, 0.25) is 0 Å². The largest absolute Gasteiger partial charge is 0.379 e. The number of aromatic nitrogens is 1. The summed E-state index contributed by atoms with van der Waals surface area (Å²) in [5.74, 6) is 0.369. The minimum atomic E-state index is -3.34. The van der Waals surface area contributed by atoms with E-state index in [0.29, 0.717) is 45.3 Å². The number of hydrogen-bond donors (Lipinski definition) is 0. The summed E-state index contributed by atoms with van der Waals surface area (Å²) >= 11 is 0. The highest BCUT2D eigenvalue weighted by Gasteiger charge is 2.34. The van der Waals surface area contributed by atoms with Crippen LogP contribution in [0.15, 0.2) is 24.5 Å². The minimum Gasteiger partial charge on any atom is -0.379 e. The van der Waals surface area contributed by atoms with Gasteiger partial charge in [-0.3, -0.25) is 4.98 Å². The molecule has 1 aromatic heterocycles. The molecule has 1 unspecified atom stereocenters. The minimum absolute atomic E-state index is 0.369. The molecule has 1 aromatic rings. The number of piperidine rings is 1. The number of nitrogens with zero attached hydrogens (tertiary/aromatic N) is 3. The van der Waals surface area contributed by atoms with Crippen LogP contribution < -0.4 is 0 Å². The Morgan fingerprint density at radius 1 is 1.23 bits per heavy atom. The molecule has 0 bridgehead atoms. The lowest BCUT2D eigenvalue weighted by Gasteiger charge is -2.36. The van der Waals surface area contributed by atoms with E-state index in [1.54, 1.807) is 14.8 Å². The number of hydrogen-bond acceptors (Lipinski definition) is 4. The van der Waals surface area contributed by atoms with Gasteiger partial charge in [0.05, 0.1) is 13.2 Å². The number of ether oxygens (including phenoxy) is 1. The van der Waals surface area contributed by atoms with Crippen molar-refractivity contribution in [3.63, 3.8) is 0 Å². The molecular weight excluding hydrogens is 302 g/mol. The van der Waals surface area contributed by atoms with E-state index in [0.717, 1.165) is 19.3 Å². The van der Waals surface area contributed by atoms with Gasteiger partial charge >= 0.3 is 0 Å². The second-order valence-corrected chi connectivity index (χ2v) is 7.88. The lowest BCUT2D eigenvalue weighted by molar-refractivity contribution is 0.0691. The summed E-state index contributed by atoms with van der Waals surface area (Å²) < 4.78 is 33.9. The highest BCUT2D eigenvalue weighted by Crippen LogP contribution is 2.24. The maximum Gasteiger partial charge on any atom is 0.282 e. The first-order valence-corrected chi connectivity index (χ1v) is 9.28. The first kappa shape index (κ1) is 15.9. The van der Waals surface area contributed by atoms with Crippen LogP contribution in [0.3, 0.4) is 0 Å². The first-order chi connectivity index (χ1) is 10.7. The van der Waals surface area contributed by atoms with Gasteiger partial charge in [0.25, 0.3) is 10.2 Å². The molecule has 0 aliphatic carbocycles. The molecule has 2 aliphatic rings. The van der Waals surface area contributed by atoms with Crippen molar-refractivity contribution in [3.8, 4) is 0 Å². The molecular formula is C15H23N3O3S. The van der Waals surface area contributed by atoms with Gasteiger partial charge in [0.1, 0.15) is 0 Å². The third-order valence-electron chi connectivity index (χ3n) is 4.35. The van der Waals surface area contributed by atoms with Crippen molar-refractivity contribution in [2.24, 2.45) is 5.92 Å². The average molecular weight is 325 g/mol. The predicted octanol–water partition coefficient (Wildman–Crippen LogP) is 0.913. The Balaban J connectivity index is 1.64. The molecule has 0 amide bonds. The molecule has 7 heteroatoms. The topological polar surface area (TPSA) is 62.7 Å². The highest BCUT2D eigenvalue weighted by atomic mass is 32.2. The third kappa shape index (κ3) is 3.65. The highest BCUT2D eigenvalue weighted by molar-refractivity contribution is 7.86. The fraction of sp³-hybridized carbons (Fsp3) is 0.667. The molecule has 2 aliphatic heterocycles. The molecule has 3 rings (SSSR count). The van der Waals surface area contributed by atoms with Crippen LogP contribution >= 0.6 is 0 Å². The van der Waals surface area contributed by atoms with Crippen molar-refractivity contribution in [1.82, 2.24) is 13.6 Å². The van der Waals surface area contributed by atoms with E-state index < -0.39 is 10.2 Å². The van der Waals surface area contributed by atoms with E-state index in [-0.39, 0.29) is 0 Å². The van der Waals surface area contributed by atoms with Crippen LogP contribution in [-0.2, 0) is 21.4 Å². The van der Waals surface area contributed by atoms with Gasteiger partial charge in [0, 0.05) is 38.6 Å². The zero-order valence-corrected chi connectivity index (χ0v) is 13.5. The molecule has 1 atom stereocenters. The van der Waals surface area contributed by atoms with Gasteiger partial charge in [-0.25, -0.2) is 0 Å². The number of morpholine rings is 1. The smallest absolute Gasteiger partial charge is 0.282 e. The Labute approximate surface area is 132 Å². The summed E-state index contributed by atoms with van der Waals surface area (Å²) in [6, 6.07) is 3.99. The summed E-state index contributed by atoms with van der Waals surface area (Å²) in [5.41, 5.74) is 1.18. The second kappa shape index (κ2) is 7.04. The van der Waals surface area contributed by atoms with Gasteiger partial charge in [-0.2, -0.15) is 17.0 Å². The van der Waals surface area contributed by atoms with Crippen molar-refractivity contribution < 1.29 is 13.2 Å². The summed E-state index contributed by atoms with van der Waals surface area (Å²) in [5, 5.41) is 0. The van der Waals surface area contributed by atoms with E-state index in [1.165, 1.54) is 5.56 Å². The lowest BCUT2D eigenvalue weighted by atomic mass is 9.93. The summed E-state index contributed by atoms with van der Waals surface area (Å²) in [6.45, 7) is 3.15. The van der Waals surface area contributed by atoms with Crippen LogP contribution in [-0.4, -0.2) is 61.4 Å². The summed E-state index contributed by atoms with van der Waals surface area (Å²) in [7, 11) is -3.34. The molecule has 6 nitrogen and oxygen atoms in total. The van der Waals surface area contributed by atoms with E-state index in [2.05, 4.69) is 11.1 Å². The van der Waals surface area contributed by atoms with Crippen LogP contribution in [0.4, 0.5) is 0 Å². The average Bonchev–Trinajstić information content (AvgIpc) is 2.57. The van der Waals surface area contributed by atoms with Gasteiger partial charge in [-0.15, -0.1) is 0 Å². The Morgan fingerprint density at radius 3 is 2.77 bits per heavy atom. The third-order valence-corrected chi connectivity index (χ3v) is 6.35. The molecule has 0 saturated carbocycles. The van der Waals surface area contributed by atoms with Crippen molar-refractivity contribution in [2.75, 3.05) is 39.4 Å². The molecule has 122 valence electrons. The molecule has 0 aromatic carbocycles. The van der Waals surface area contributed by atoms with Crippen molar-refractivity contribution in [3.05, 3.63) is 30.1 Å². The maximum absolute atomic E-state index is 12.7. The summed E-state index contributed by atoms with van der Waals surface area (Å²) in [4.78, 5) is 4.14. The van der Waals surface area contributed by atoms with Gasteiger partial charge in [-0.05, 0) is 36.8 Å². The Hall–Kier alpha value is -1.02. The zero-order valence-electron chi connectivity index (χ0n) is 12.7. The summed E-state index contributed by atoms with van der Waals surface area (Å²) in [6.07, 6.45) is 6.52. The molecule has 0 N–H and O–H groups in total. The van der Waals surface area contributed by atoms with E-state index in [4.69, 9.17) is 4.74 Å². The van der Waals surface area contributed by atoms with E-state index >= 15 is 0 Å². The zero-order chi connectivity index (χ0) is 15.4. The van der Waals surface area contributed by atoms with Crippen molar-refractivity contribution in [1.29, 1.82) is 0 Å². The Kier molecular flexibility index (Phi) is 5.07. The first-order valence-electron chi connectivity index (χ1n) is 7.88. The maximum atomic E-state index is 12.7. The monoisotopic (exact) mass is 325 g/mol. The van der Waals surface area contributed by atoms with Crippen molar-refractivity contribution in [2.45, 2.75) is 19.3 Å². The van der Waals surface area contributed by atoms with Gasteiger partial charge in [0.2, 0.25) is 0 Å². The van der Waals surface area contributed by atoms with Gasteiger partial charge < -0.3 is 4.74 Å². The van der Waals surface area contributed by atoms with Crippen molar-refractivity contribution >= 4 is 10.2 Å². The number of rotatable bonds is 4. The number of pyridine rings is 1. The molecule has 3 heterocycles. The standard InChI is InChI=1S/C15H23N3O3S/c19-22(20,17-7-9-21-10-8-17)18-6-2-4-15(13-18)11-14-3-1-5-16-12-14/h1,3,5,12,15H,2,4,6-11,13H2. The normalized spacial score (nSPS) is 25.2. The van der Waals surface area contributed by atoms with Crippen LogP contribution in [0.5, 0.6) is 0 Å². The predicted molar refractivity (Wildman–Crippen MR) is 83.5 cm³/mol. The van der Waals surface area contributed by atoms with Crippen LogP contribution in [0.1, 0.15) is 18.4 Å². The van der Waals surface area contributed by atoms with Gasteiger partial charge in [-0.1, -0.05) is 6.07 Å². The molecule has 2 fully saturated rings. The van der Waals surface area contributed by atoms with Gasteiger partial charge in [0.15, 0.2) is 0 Å². The quantitative estimate of drug-likeness (QED) is 0.826. The van der Waals surface area contributed by atoms with E-state index in [9.17, 15) is 8.42 Å². The molecule has 0 spiro atoms. The fourth-order valence-corrected chi connectivity index (χ4v) is 4.89. The molecule has 0 radical (unpaired) electrons. The fourth-order valence-electron chi connectivity index (χ4n) is 3.20. The molecule has 22 heavy (non-hydrogen) atoms. The lowest BCUT2D eigenvalue weighted by Crippen LogP contribution is -2.51. The van der Waals surface area contributed by atoms with Crippen LogP contribution in [0, 0.1) is 5.92 Å². The SMILES string of the molecule is O=S(=O)(N1CCOCC1)N1CCCC(Cc2cccnc2)C1. The second-order valence-electron chi connectivity index (χ2n) is 5.95.